The average Bonchev–Trinajstić information content (AvgIpc) is 3.24. The summed E-state index contributed by atoms with van der Waals surface area (Å²) in [6.45, 7) is 2.88. The van der Waals surface area contributed by atoms with Crippen molar-refractivity contribution < 1.29 is 28.6 Å². The Labute approximate surface area is 161 Å². The lowest BCUT2D eigenvalue weighted by atomic mass is 9.99. The number of fused-ring (bicyclic) bond motifs is 2. The van der Waals surface area contributed by atoms with Crippen LogP contribution in [0.25, 0.3) is 11.3 Å². The Kier molecular flexibility index (Phi) is 4.15. The lowest BCUT2D eigenvalue weighted by Crippen LogP contribution is -2.31. The van der Waals surface area contributed by atoms with Crippen molar-refractivity contribution in [3.63, 3.8) is 0 Å². The van der Waals surface area contributed by atoms with Crippen LogP contribution in [0.15, 0.2) is 36.4 Å². The molecule has 2 heterocycles. The smallest absolute Gasteiger partial charge is 0.269 e. The van der Waals surface area contributed by atoms with E-state index in [9.17, 15) is 14.4 Å². The van der Waals surface area contributed by atoms with E-state index >= 15 is 0 Å². The zero-order valence-corrected chi connectivity index (χ0v) is 15.6. The first-order valence-electron chi connectivity index (χ1n) is 8.61. The number of rotatable bonds is 3. The molecule has 7 nitrogen and oxygen atoms in total. The minimum absolute atomic E-state index is 0.125. The summed E-state index contributed by atoms with van der Waals surface area (Å²) < 4.78 is 16.3. The summed E-state index contributed by atoms with van der Waals surface area (Å²) >= 11 is 0. The Balaban J connectivity index is 1.96. The maximum atomic E-state index is 13.1. The number of anilines is 1. The van der Waals surface area contributed by atoms with Crippen LogP contribution < -0.4 is 14.4 Å². The topological polar surface area (TPSA) is 82.1 Å². The van der Waals surface area contributed by atoms with E-state index in [2.05, 4.69) is 0 Å². The highest BCUT2D eigenvalue weighted by Gasteiger charge is 2.38. The molecule has 0 N–H and O–H groups in total. The molecular weight excluding hydrogens is 362 g/mol. The van der Waals surface area contributed by atoms with Crippen molar-refractivity contribution in [1.82, 2.24) is 0 Å². The van der Waals surface area contributed by atoms with Crippen LogP contribution in [-0.2, 0) is 14.3 Å². The van der Waals surface area contributed by atoms with Crippen molar-refractivity contribution in [3.05, 3.63) is 53.1 Å². The number of methoxy groups -OCH3 is 1. The number of benzene rings is 2. The van der Waals surface area contributed by atoms with E-state index in [1.807, 2.05) is 0 Å². The second kappa shape index (κ2) is 6.53. The van der Waals surface area contributed by atoms with Crippen LogP contribution in [-0.4, -0.2) is 31.5 Å². The van der Waals surface area contributed by atoms with Gasteiger partial charge in [-0.25, -0.2) is 4.90 Å². The Bertz CT molecular complexity index is 1070. The van der Waals surface area contributed by atoms with Gasteiger partial charge in [0, 0.05) is 23.6 Å². The molecule has 7 heteroatoms. The van der Waals surface area contributed by atoms with Gasteiger partial charge >= 0.3 is 0 Å². The number of ether oxygens (including phenoxy) is 3. The molecule has 0 atom stereocenters. The summed E-state index contributed by atoms with van der Waals surface area (Å²) in [6.07, 6.45) is 0. The van der Waals surface area contributed by atoms with Crippen LogP contribution in [0.2, 0.25) is 0 Å². The van der Waals surface area contributed by atoms with E-state index in [0.29, 0.717) is 33.9 Å². The molecule has 0 radical (unpaired) electrons. The SMILES string of the molecule is CO/C(=C1\C(=O)N(C(C)=O)c2ccc(C(C)=O)cc21)c1ccc2c(c1)OCO2. The zero-order chi connectivity index (χ0) is 20.0. The van der Waals surface area contributed by atoms with E-state index in [1.165, 1.54) is 21.0 Å². The number of amides is 2. The number of carbonyl (C=O) groups excluding carboxylic acids is 3. The van der Waals surface area contributed by atoms with E-state index in [4.69, 9.17) is 14.2 Å². The predicted octanol–water partition coefficient (Wildman–Crippen LogP) is 3.03. The molecular formula is C21H17NO6. The zero-order valence-electron chi connectivity index (χ0n) is 15.6. The van der Waals surface area contributed by atoms with Crippen LogP contribution >= 0.6 is 0 Å². The van der Waals surface area contributed by atoms with Gasteiger partial charge in [0.25, 0.3) is 5.91 Å². The van der Waals surface area contributed by atoms with Gasteiger partial charge in [-0.15, -0.1) is 0 Å². The van der Waals surface area contributed by atoms with Crippen molar-refractivity contribution >= 4 is 34.6 Å². The van der Waals surface area contributed by atoms with E-state index in [1.54, 1.807) is 36.4 Å². The van der Waals surface area contributed by atoms with E-state index in [-0.39, 0.29) is 23.9 Å². The van der Waals surface area contributed by atoms with Gasteiger partial charge in [-0.05, 0) is 43.3 Å². The van der Waals surface area contributed by atoms with Gasteiger partial charge in [-0.1, -0.05) is 0 Å². The highest BCUT2D eigenvalue weighted by atomic mass is 16.7. The average molecular weight is 379 g/mol. The van der Waals surface area contributed by atoms with Crippen molar-refractivity contribution in [2.75, 3.05) is 18.8 Å². The summed E-state index contributed by atoms with van der Waals surface area (Å²) in [7, 11) is 1.45. The van der Waals surface area contributed by atoms with Crippen LogP contribution in [0.1, 0.15) is 35.3 Å². The number of nitrogens with zero attached hydrogens (tertiary/aromatic N) is 1. The molecule has 4 rings (SSSR count). The molecule has 2 aliphatic heterocycles. The second-order valence-corrected chi connectivity index (χ2v) is 6.42. The van der Waals surface area contributed by atoms with Crippen molar-refractivity contribution in [1.29, 1.82) is 0 Å². The van der Waals surface area contributed by atoms with Gasteiger partial charge in [-0.3, -0.25) is 14.4 Å². The molecule has 0 fully saturated rings. The first kappa shape index (κ1) is 17.8. The third-order valence-electron chi connectivity index (χ3n) is 4.71. The molecule has 2 amide bonds. The molecule has 28 heavy (non-hydrogen) atoms. The summed E-state index contributed by atoms with van der Waals surface area (Å²) in [5.41, 5.74) is 2.15. The van der Waals surface area contributed by atoms with Gasteiger partial charge in [0.15, 0.2) is 17.3 Å². The minimum atomic E-state index is -0.502. The maximum absolute atomic E-state index is 13.1. The van der Waals surface area contributed by atoms with Gasteiger partial charge in [-0.2, -0.15) is 0 Å². The Morgan fingerprint density at radius 1 is 1.00 bits per heavy atom. The summed E-state index contributed by atoms with van der Waals surface area (Å²) in [5.74, 6) is 0.369. The van der Waals surface area contributed by atoms with Crippen LogP contribution in [0, 0.1) is 0 Å². The van der Waals surface area contributed by atoms with E-state index < -0.39 is 11.8 Å². The molecule has 2 aromatic carbocycles. The quantitative estimate of drug-likeness (QED) is 0.463. The third-order valence-corrected chi connectivity index (χ3v) is 4.71. The number of hydrogen-bond donors (Lipinski definition) is 0. The fraction of sp³-hybridized carbons (Fsp3) is 0.190. The Morgan fingerprint density at radius 3 is 2.39 bits per heavy atom. The maximum Gasteiger partial charge on any atom is 0.269 e. The standard InChI is InChI=1S/C21H17NO6/c1-11(23)13-4-6-16-15(8-13)19(21(25)22(16)12(2)24)20(26-3)14-5-7-17-18(9-14)28-10-27-17/h4-9H,10H2,1-3H3/b20-19-. The Morgan fingerprint density at radius 2 is 1.71 bits per heavy atom. The highest BCUT2D eigenvalue weighted by molar-refractivity contribution is 6.43. The van der Waals surface area contributed by atoms with Gasteiger partial charge in [0.05, 0.1) is 18.4 Å². The Hall–Kier alpha value is -3.61. The van der Waals surface area contributed by atoms with Crippen LogP contribution in [0.5, 0.6) is 11.5 Å². The normalized spacial score (nSPS) is 16.1. The second-order valence-electron chi connectivity index (χ2n) is 6.42. The number of carbonyl (C=O) groups is 3. The van der Waals surface area contributed by atoms with Crippen molar-refractivity contribution in [2.45, 2.75) is 13.8 Å². The fourth-order valence-corrected chi connectivity index (χ4v) is 3.42. The summed E-state index contributed by atoms with van der Waals surface area (Å²) in [6, 6.07) is 10.0. The number of Topliss-reactive ketones (excluding diaryl/α,β-unsaturated/α-hetero) is 1. The molecule has 0 aliphatic carbocycles. The van der Waals surface area contributed by atoms with Crippen molar-refractivity contribution in [2.24, 2.45) is 0 Å². The van der Waals surface area contributed by atoms with Crippen LogP contribution in [0.4, 0.5) is 5.69 Å². The summed E-state index contributed by atoms with van der Waals surface area (Å²) in [5, 5.41) is 0. The molecule has 0 saturated carbocycles. The first-order valence-corrected chi connectivity index (χ1v) is 8.61. The molecule has 2 aromatic rings. The lowest BCUT2D eigenvalue weighted by Gasteiger charge is -2.13. The molecule has 0 unspecified atom stereocenters. The number of imide groups is 1. The van der Waals surface area contributed by atoms with Gasteiger partial charge in [0.1, 0.15) is 5.76 Å². The highest BCUT2D eigenvalue weighted by Crippen LogP contribution is 2.43. The largest absolute Gasteiger partial charge is 0.495 e. The molecule has 2 aliphatic rings. The van der Waals surface area contributed by atoms with Crippen LogP contribution in [0.3, 0.4) is 0 Å². The van der Waals surface area contributed by atoms with E-state index in [0.717, 1.165) is 4.90 Å². The summed E-state index contributed by atoms with van der Waals surface area (Å²) in [4.78, 5) is 38.2. The lowest BCUT2D eigenvalue weighted by molar-refractivity contribution is -0.122. The molecule has 0 spiro atoms. The number of ketones is 1. The van der Waals surface area contributed by atoms with Crippen molar-refractivity contribution in [3.8, 4) is 11.5 Å². The monoisotopic (exact) mass is 379 g/mol. The third kappa shape index (κ3) is 2.63. The number of hydrogen-bond acceptors (Lipinski definition) is 6. The molecule has 0 aromatic heterocycles. The molecule has 0 bridgehead atoms. The fourth-order valence-electron chi connectivity index (χ4n) is 3.42. The van der Waals surface area contributed by atoms with Gasteiger partial charge < -0.3 is 14.2 Å². The minimum Gasteiger partial charge on any atom is -0.495 e. The molecule has 0 saturated heterocycles. The predicted molar refractivity (Wildman–Crippen MR) is 101 cm³/mol. The molecule has 142 valence electrons. The van der Waals surface area contributed by atoms with Gasteiger partial charge in [0.2, 0.25) is 12.7 Å². The first-order chi connectivity index (χ1) is 13.4.